The Balaban J connectivity index is 1.79. The lowest BCUT2D eigenvalue weighted by molar-refractivity contribution is 0.328. The number of rotatable bonds is 4. The van der Waals surface area contributed by atoms with Gasteiger partial charge in [0, 0.05) is 24.3 Å². The van der Waals surface area contributed by atoms with E-state index in [2.05, 4.69) is 36.1 Å². The molecule has 2 nitrogen and oxygen atoms in total. The van der Waals surface area contributed by atoms with Gasteiger partial charge in [0.2, 0.25) is 0 Å². The molecular formula is C17H26N2. The van der Waals surface area contributed by atoms with Crippen molar-refractivity contribution in [1.29, 1.82) is 0 Å². The van der Waals surface area contributed by atoms with Crippen LogP contribution in [0.4, 0.5) is 5.69 Å². The fourth-order valence-electron chi connectivity index (χ4n) is 3.53. The van der Waals surface area contributed by atoms with Crippen LogP contribution >= 0.6 is 0 Å². The van der Waals surface area contributed by atoms with Crippen molar-refractivity contribution in [2.75, 3.05) is 4.90 Å². The first-order valence-corrected chi connectivity index (χ1v) is 7.85. The fourth-order valence-corrected chi connectivity index (χ4v) is 3.53. The second kappa shape index (κ2) is 5.54. The van der Waals surface area contributed by atoms with Gasteiger partial charge in [-0.1, -0.05) is 31.9 Å². The number of nitrogens with zero attached hydrogens (tertiary/aromatic N) is 1. The summed E-state index contributed by atoms with van der Waals surface area (Å²) in [5, 5.41) is 0. The van der Waals surface area contributed by atoms with Crippen LogP contribution in [-0.4, -0.2) is 12.1 Å². The molecule has 1 aromatic rings. The summed E-state index contributed by atoms with van der Waals surface area (Å²) < 4.78 is 0. The van der Waals surface area contributed by atoms with Gasteiger partial charge in [-0.25, -0.2) is 0 Å². The molecule has 0 spiro atoms. The van der Waals surface area contributed by atoms with Gasteiger partial charge in [-0.05, 0) is 49.3 Å². The van der Waals surface area contributed by atoms with Gasteiger partial charge in [-0.3, -0.25) is 0 Å². The monoisotopic (exact) mass is 258 g/mol. The molecule has 0 heterocycles. The van der Waals surface area contributed by atoms with Crippen molar-refractivity contribution < 1.29 is 0 Å². The van der Waals surface area contributed by atoms with Crippen LogP contribution in [-0.2, 0) is 6.54 Å². The van der Waals surface area contributed by atoms with Gasteiger partial charge in [0.25, 0.3) is 0 Å². The quantitative estimate of drug-likeness (QED) is 0.892. The zero-order chi connectivity index (χ0) is 13.2. The Morgan fingerprint density at radius 2 is 1.79 bits per heavy atom. The van der Waals surface area contributed by atoms with Crippen molar-refractivity contribution in [2.24, 2.45) is 11.7 Å². The third-order valence-corrected chi connectivity index (χ3v) is 4.71. The first-order chi connectivity index (χ1) is 9.28. The maximum absolute atomic E-state index is 5.70. The number of anilines is 1. The van der Waals surface area contributed by atoms with E-state index < -0.39 is 0 Å². The van der Waals surface area contributed by atoms with E-state index in [4.69, 9.17) is 5.73 Å². The van der Waals surface area contributed by atoms with Gasteiger partial charge in [0.05, 0.1) is 0 Å². The minimum atomic E-state index is 0.643. The molecule has 2 saturated carbocycles. The summed E-state index contributed by atoms with van der Waals surface area (Å²) in [6.07, 6.45) is 8.32. The Morgan fingerprint density at radius 1 is 1.05 bits per heavy atom. The molecule has 0 radical (unpaired) electrons. The Bertz CT molecular complexity index is 408. The Hall–Kier alpha value is -1.02. The van der Waals surface area contributed by atoms with E-state index in [-0.39, 0.29) is 0 Å². The second-order valence-electron chi connectivity index (χ2n) is 6.43. The maximum atomic E-state index is 5.70. The van der Waals surface area contributed by atoms with Crippen molar-refractivity contribution in [3.63, 3.8) is 0 Å². The molecule has 2 fully saturated rings. The SMILES string of the molecule is CC1CCCC(N(c2ccc(CN)cc2)C2CC2)C1. The van der Waals surface area contributed by atoms with Crippen molar-refractivity contribution in [3.8, 4) is 0 Å². The third-order valence-electron chi connectivity index (χ3n) is 4.71. The van der Waals surface area contributed by atoms with Gasteiger partial charge < -0.3 is 10.6 Å². The van der Waals surface area contributed by atoms with E-state index in [1.165, 1.54) is 49.8 Å². The second-order valence-corrected chi connectivity index (χ2v) is 6.43. The summed E-state index contributed by atoms with van der Waals surface area (Å²) in [4.78, 5) is 2.72. The van der Waals surface area contributed by atoms with Gasteiger partial charge >= 0.3 is 0 Å². The van der Waals surface area contributed by atoms with E-state index in [0.717, 1.165) is 18.0 Å². The molecule has 19 heavy (non-hydrogen) atoms. The third kappa shape index (κ3) is 2.94. The summed E-state index contributed by atoms with van der Waals surface area (Å²) >= 11 is 0. The molecule has 2 N–H and O–H groups in total. The van der Waals surface area contributed by atoms with Crippen molar-refractivity contribution in [2.45, 2.75) is 64.1 Å². The highest BCUT2D eigenvalue weighted by molar-refractivity contribution is 5.51. The van der Waals surface area contributed by atoms with Gasteiger partial charge in [-0.15, -0.1) is 0 Å². The smallest absolute Gasteiger partial charge is 0.0371 e. The van der Waals surface area contributed by atoms with Crippen LogP contribution in [0.5, 0.6) is 0 Å². The number of benzene rings is 1. The highest BCUT2D eigenvalue weighted by Crippen LogP contribution is 2.38. The van der Waals surface area contributed by atoms with Gasteiger partial charge in [0.15, 0.2) is 0 Å². The molecule has 0 bridgehead atoms. The van der Waals surface area contributed by atoms with E-state index >= 15 is 0 Å². The molecule has 0 amide bonds. The van der Waals surface area contributed by atoms with Crippen LogP contribution in [0, 0.1) is 5.92 Å². The van der Waals surface area contributed by atoms with E-state index in [1.54, 1.807) is 0 Å². The van der Waals surface area contributed by atoms with Crippen LogP contribution in [0.3, 0.4) is 0 Å². The predicted molar refractivity (Wildman–Crippen MR) is 81.3 cm³/mol. The van der Waals surface area contributed by atoms with E-state index in [1.807, 2.05) is 0 Å². The topological polar surface area (TPSA) is 29.3 Å². The van der Waals surface area contributed by atoms with Crippen LogP contribution in [0.2, 0.25) is 0 Å². The largest absolute Gasteiger partial charge is 0.366 e. The molecule has 0 aromatic heterocycles. The average Bonchev–Trinajstić information content (AvgIpc) is 3.25. The van der Waals surface area contributed by atoms with Crippen LogP contribution < -0.4 is 10.6 Å². The van der Waals surface area contributed by atoms with Gasteiger partial charge in [0.1, 0.15) is 0 Å². The van der Waals surface area contributed by atoms with E-state index in [0.29, 0.717) is 6.54 Å². The maximum Gasteiger partial charge on any atom is 0.0371 e. The molecule has 1 aromatic carbocycles. The molecular weight excluding hydrogens is 232 g/mol. The molecule has 104 valence electrons. The number of hydrogen-bond acceptors (Lipinski definition) is 2. The number of nitrogens with two attached hydrogens (primary N) is 1. The molecule has 3 rings (SSSR count). The minimum absolute atomic E-state index is 0.643. The van der Waals surface area contributed by atoms with Crippen molar-refractivity contribution in [1.82, 2.24) is 0 Å². The summed E-state index contributed by atoms with van der Waals surface area (Å²) in [5.74, 6) is 0.892. The molecule has 0 aliphatic heterocycles. The minimum Gasteiger partial charge on any atom is -0.366 e. The molecule has 2 unspecified atom stereocenters. The molecule has 2 heteroatoms. The predicted octanol–water partition coefficient (Wildman–Crippen LogP) is 3.69. The van der Waals surface area contributed by atoms with Crippen molar-refractivity contribution in [3.05, 3.63) is 29.8 Å². The normalized spacial score (nSPS) is 27.3. The summed E-state index contributed by atoms with van der Waals surface area (Å²) in [6.45, 7) is 3.05. The molecule has 2 aliphatic rings. The fraction of sp³-hybridized carbons (Fsp3) is 0.647. The Morgan fingerprint density at radius 3 is 2.37 bits per heavy atom. The molecule has 2 aliphatic carbocycles. The zero-order valence-corrected chi connectivity index (χ0v) is 12.0. The number of hydrogen-bond donors (Lipinski definition) is 1. The highest BCUT2D eigenvalue weighted by atomic mass is 15.2. The Labute approximate surface area is 117 Å². The lowest BCUT2D eigenvalue weighted by Crippen LogP contribution is -2.40. The first-order valence-electron chi connectivity index (χ1n) is 7.85. The average molecular weight is 258 g/mol. The van der Waals surface area contributed by atoms with Gasteiger partial charge in [-0.2, -0.15) is 0 Å². The first kappa shape index (κ1) is 13.0. The highest BCUT2D eigenvalue weighted by Gasteiger charge is 2.35. The summed E-state index contributed by atoms with van der Waals surface area (Å²) in [7, 11) is 0. The lowest BCUT2D eigenvalue weighted by Gasteiger charge is -2.38. The van der Waals surface area contributed by atoms with Crippen LogP contribution in [0.1, 0.15) is 51.0 Å². The lowest BCUT2D eigenvalue weighted by atomic mass is 9.86. The molecule has 0 saturated heterocycles. The van der Waals surface area contributed by atoms with Crippen molar-refractivity contribution >= 4 is 5.69 Å². The van der Waals surface area contributed by atoms with Crippen LogP contribution in [0.15, 0.2) is 24.3 Å². The molecule has 2 atom stereocenters. The standard InChI is InChI=1S/C17H26N2/c1-13-3-2-4-17(11-13)19(16-9-10-16)15-7-5-14(12-18)6-8-15/h5-8,13,16-17H,2-4,9-12,18H2,1H3. The summed E-state index contributed by atoms with van der Waals surface area (Å²) in [6, 6.07) is 10.5. The summed E-state index contributed by atoms with van der Waals surface area (Å²) in [5.41, 5.74) is 8.34. The zero-order valence-electron chi connectivity index (χ0n) is 12.0. The Kier molecular flexibility index (Phi) is 3.79. The van der Waals surface area contributed by atoms with E-state index in [9.17, 15) is 0 Å². The van der Waals surface area contributed by atoms with Crippen LogP contribution in [0.25, 0.3) is 0 Å².